The maximum absolute atomic E-state index is 11.5. The number of hydrazine groups is 1. The van der Waals surface area contributed by atoms with Crippen molar-refractivity contribution < 1.29 is 4.79 Å². The smallest absolute Gasteiger partial charge is 0.265 e. The number of nitrogen functional groups attached to an aromatic ring is 1. The van der Waals surface area contributed by atoms with Crippen molar-refractivity contribution in [1.82, 2.24) is 10.4 Å². The molecule has 4 N–H and O–H groups in total. The molecule has 17 heavy (non-hydrogen) atoms. The van der Waals surface area contributed by atoms with E-state index in [2.05, 4.69) is 24.3 Å². The van der Waals surface area contributed by atoms with Crippen LogP contribution in [0.2, 0.25) is 0 Å². The molecule has 1 heterocycles. The number of carbonyl (C=O) groups is 1. The Kier molecular flexibility index (Phi) is 3.15. The van der Waals surface area contributed by atoms with Crippen molar-refractivity contribution in [3.63, 3.8) is 0 Å². The Bertz CT molecular complexity index is 557. The summed E-state index contributed by atoms with van der Waals surface area (Å²) in [5, 5.41) is 1.12. The van der Waals surface area contributed by atoms with Crippen LogP contribution in [0.1, 0.15) is 35.0 Å². The van der Waals surface area contributed by atoms with Crippen LogP contribution >= 0.6 is 0 Å². The fourth-order valence-electron chi connectivity index (χ4n) is 2.18. The molecule has 1 aromatic carbocycles. The summed E-state index contributed by atoms with van der Waals surface area (Å²) >= 11 is 0. The highest BCUT2D eigenvalue weighted by Gasteiger charge is 2.10. The largest absolute Gasteiger partial charge is 0.358 e. The van der Waals surface area contributed by atoms with Gasteiger partial charge in [0.15, 0.2) is 0 Å². The van der Waals surface area contributed by atoms with Crippen molar-refractivity contribution in [2.75, 3.05) is 0 Å². The van der Waals surface area contributed by atoms with E-state index in [1.807, 2.05) is 12.1 Å². The second-order valence-electron chi connectivity index (χ2n) is 4.21. The summed E-state index contributed by atoms with van der Waals surface area (Å²) < 4.78 is 0. The van der Waals surface area contributed by atoms with Gasteiger partial charge in [0.2, 0.25) is 0 Å². The van der Waals surface area contributed by atoms with Crippen molar-refractivity contribution in [2.45, 2.75) is 26.7 Å². The van der Waals surface area contributed by atoms with E-state index < -0.39 is 0 Å². The third-order valence-corrected chi connectivity index (χ3v) is 3.01. The van der Waals surface area contributed by atoms with Crippen molar-refractivity contribution in [2.24, 2.45) is 5.84 Å². The molecular weight excluding hydrogens is 214 g/mol. The molecule has 0 saturated heterocycles. The van der Waals surface area contributed by atoms with Gasteiger partial charge in [0.1, 0.15) is 0 Å². The van der Waals surface area contributed by atoms with Gasteiger partial charge in [-0.1, -0.05) is 13.3 Å². The number of benzene rings is 1. The quantitative estimate of drug-likeness (QED) is 0.429. The fourth-order valence-corrected chi connectivity index (χ4v) is 2.18. The number of amides is 1. The Morgan fingerprint density at radius 2 is 2.24 bits per heavy atom. The van der Waals surface area contributed by atoms with Gasteiger partial charge in [-0.3, -0.25) is 10.2 Å². The minimum atomic E-state index is -0.256. The van der Waals surface area contributed by atoms with E-state index in [0.29, 0.717) is 5.56 Å². The highest BCUT2D eigenvalue weighted by Crippen LogP contribution is 2.24. The molecule has 4 heteroatoms. The lowest BCUT2D eigenvalue weighted by Gasteiger charge is -2.01. The topological polar surface area (TPSA) is 70.9 Å². The second-order valence-corrected chi connectivity index (χ2v) is 4.21. The lowest BCUT2D eigenvalue weighted by molar-refractivity contribution is 0.0954. The molecule has 1 amide bonds. The Balaban J connectivity index is 2.57. The van der Waals surface area contributed by atoms with Crippen LogP contribution < -0.4 is 11.3 Å². The minimum absolute atomic E-state index is 0.256. The van der Waals surface area contributed by atoms with E-state index in [1.165, 1.54) is 11.3 Å². The van der Waals surface area contributed by atoms with Crippen LogP contribution in [0.5, 0.6) is 0 Å². The summed E-state index contributed by atoms with van der Waals surface area (Å²) in [5.74, 6) is 4.89. The van der Waals surface area contributed by atoms with Gasteiger partial charge in [0.05, 0.1) is 0 Å². The number of fused-ring (bicyclic) bond motifs is 1. The summed E-state index contributed by atoms with van der Waals surface area (Å²) in [6, 6.07) is 5.59. The summed E-state index contributed by atoms with van der Waals surface area (Å²) in [6.07, 6.45) is 2.10. The van der Waals surface area contributed by atoms with Gasteiger partial charge >= 0.3 is 0 Å². The van der Waals surface area contributed by atoms with E-state index in [1.54, 1.807) is 6.07 Å². The van der Waals surface area contributed by atoms with Gasteiger partial charge in [0, 0.05) is 22.2 Å². The summed E-state index contributed by atoms with van der Waals surface area (Å²) in [4.78, 5) is 14.8. The van der Waals surface area contributed by atoms with Gasteiger partial charge in [-0.05, 0) is 37.1 Å². The summed E-state index contributed by atoms with van der Waals surface area (Å²) in [7, 11) is 0. The fraction of sp³-hybridized carbons (Fsp3) is 0.308. The molecule has 4 nitrogen and oxygen atoms in total. The van der Waals surface area contributed by atoms with Crippen molar-refractivity contribution >= 4 is 16.8 Å². The number of hydrogen-bond donors (Lipinski definition) is 3. The van der Waals surface area contributed by atoms with Gasteiger partial charge in [-0.2, -0.15) is 0 Å². The summed E-state index contributed by atoms with van der Waals surface area (Å²) in [6.45, 7) is 4.21. The van der Waals surface area contributed by atoms with Gasteiger partial charge in [0.25, 0.3) is 5.91 Å². The van der Waals surface area contributed by atoms with Crippen LogP contribution in [0.4, 0.5) is 0 Å². The van der Waals surface area contributed by atoms with Gasteiger partial charge in [-0.15, -0.1) is 0 Å². The molecule has 90 valence electrons. The molecule has 0 aliphatic rings. The zero-order valence-electron chi connectivity index (χ0n) is 10.1. The van der Waals surface area contributed by atoms with E-state index in [9.17, 15) is 4.79 Å². The highest BCUT2D eigenvalue weighted by atomic mass is 16.2. The van der Waals surface area contributed by atoms with Crippen LogP contribution in [0.15, 0.2) is 18.2 Å². The maximum Gasteiger partial charge on any atom is 0.265 e. The van der Waals surface area contributed by atoms with Crippen LogP contribution in [0, 0.1) is 6.92 Å². The first-order valence-corrected chi connectivity index (χ1v) is 5.79. The molecule has 2 aromatic rings. The number of H-pyrrole nitrogens is 1. The monoisotopic (exact) mass is 231 g/mol. The third-order valence-electron chi connectivity index (χ3n) is 3.01. The average molecular weight is 231 g/mol. The molecule has 0 aliphatic heterocycles. The van der Waals surface area contributed by atoms with Crippen LogP contribution in [-0.4, -0.2) is 10.9 Å². The molecule has 1 aromatic heterocycles. The van der Waals surface area contributed by atoms with Crippen LogP contribution in [0.25, 0.3) is 10.9 Å². The average Bonchev–Trinajstić information content (AvgIpc) is 2.65. The molecule has 0 fully saturated rings. The van der Waals surface area contributed by atoms with E-state index in [0.717, 1.165) is 23.7 Å². The third kappa shape index (κ3) is 2.03. The molecule has 0 bridgehead atoms. The zero-order chi connectivity index (χ0) is 12.4. The standard InChI is InChI=1S/C13H17N3O/c1-3-4-10-8(2)15-12-6-5-9(7-11(10)12)13(17)16-14/h5-7,15H,3-4,14H2,1-2H3,(H,16,17). The molecule has 0 radical (unpaired) electrons. The van der Waals surface area contributed by atoms with Gasteiger partial charge in [-0.25, -0.2) is 5.84 Å². The second kappa shape index (κ2) is 4.59. The number of aryl methyl sites for hydroxylation is 2. The zero-order valence-corrected chi connectivity index (χ0v) is 10.1. The number of hydrogen-bond acceptors (Lipinski definition) is 2. The lowest BCUT2D eigenvalue weighted by atomic mass is 10.0. The minimum Gasteiger partial charge on any atom is -0.358 e. The highest BCUT2D eigenvalue weighted by molar-refractivity contribution is 5.98. The van der Waals surface area contributed by atoms with Crippen molar-refractivity contribution in [3.8, 4) is 0 Å². The number of nitrogens with two attached hydrogens (primary N) is 1. The Hall–Kier alpha value is -1.81. The normalized spacial score (nSPS) is 10.8. The Labute approximate surface area is 100 Å². The maximum atomic E-state index is 11.5. The predicted molar refractivity (Wildman–Crippen MR) is 68.7 cm³/mol. The summed E-state index contributed by atoms with van der Waals surface area (Å²) in [5.41, 5.74) is 6.28. The van der Waals surface area contributed by atoms with E-state index in [4.69, 9.17) is 5.84 Å². The first-order valence-electron chi connectivity index (χ1n) is 5.79. The van der Waals surface area contributed by atoms with E-state index >= 15 is 0 Å². The first-order chi connectivity index (χ1) is 8.17. The first kappa shape index (κ1) is 11.7. The molecule has 2 rings (SSSR count). The molecule has 0 saturated carbocycles. The van der Waals surface area contributed by atoms with Crippen LogP contribution in [0.3, 0.4) is 0 Å². The molecular formula is C13H17N3O. The van der Waals surface area contributed by atoms with Crippen LogP contribution in [-0.2, 0) is 6.42 Å². The number of rotatable bonds is 3. The molecule has 0 spiro atoms. The molecule has 0 atom stereocenters. The van der Waals surface area contributed by atoms with E-state index in [-0.39, 0.29) is 5.91 Å². The number of carbonyl (C=O) groups excluding carboxylic acids is 1. The SMILES string of the molecule is CCCc1c(C)[nH]c2ccc(C(=O)NN)cc12. The lowest BCUT2D eigenvalue weighted by Crippen LogP contribution is -2.29. The number of nitrogens with one attached hydrogen (secondary N) is 2. The van der Waals surface area contributed by atoms with Crippen molar-refractivity contribution in [1.29, 1.82) is 0 Å². The number of aromatic amines is 1. The Morgan fingerprint density at radius 1 is 1.47 bits per heavy atom. The molecule has 0 unspecified atom stereocenters. The van der Waals surface area contributed by atoms with Gasteiger partial charge < -0.3 is 4.98 Å². The predicted octanol–water partition coefficient (Wildman–Crippen LogP) is 2.03. The number of aromatic nitrogens is 1. The molecule has 0 aliphatic carbocycles. The van der Waals surface area contributed by atoms with Crippen molar-refractivity contribution in [3.05, 3.63) is 35.0 Å². The Morgan fingerprint density at radius 3 is 2.88 bits per heavy atom.